The first-order valence-corrected chi connectivity index (χ1v) is 4.27. The summed E-state index contributed by atoms with van der Waals surface area (Å²) < 4.78 is 0. The van der Waals surface area contributed by atoms with E-state index in [4.69, 9.17) is 0 Å². The van der Waals surface area contributed by atoms with Crippen LogP contribution in [0.5, 0.6) is 0 Å². The van der Waals surface area contributed by atoms with Crippen LogP contribution in [0.2, 0.25) is 0 Å². The lowest BCUT2D eigenvalue weighted by Gasteiger charge is -2.02. The first-order chi connectivity index (χ1) is 7.13. The molecule has 0 aliphatic carbocycles. The van der Waals surface area contributed by atoms with Crippen molar-refractivity contribution < 1.29 is 9.72 Å². The molecule has 1 rings (SSSR count). The van der Waals surface area contributed by atoms with Crippen molar-refractivity contribution in [2.75, 3.05) is 11.9 Å². The maximum atomic E-state index is 10.9. The van der Waals surface area contributed by atoms with Crippen molar-refractivity contribution in [3.05, 3.63) is 47.0 Å². The number of anilines is 1. The van der Waals surface area contributed by atoms with Gasteiger partial charge in [0, 0.05) is 17.8 Å². The van der Waals surface area contributed by atoms with Crippen molar-refractivity contribution in [2.24, 2.45) is 0 Å². The lowest BCUT2D eigenvalue weighted by Crippen LogP contribution is -2.10. The Labute approximate surface area is 86.6 Å². The highest BCUT2D eigenvalue weighted by atomic mass is 16.6. The molecule has 0 aliphatic rings. The summed E-state index contributed by atoms with van der Waals surface area (Å²) >= 11 is 0. The fourth-order valence-electron chi connectivity index (χ4n) is 0.962. The Balaban J connectivity index is 2.60. The average molecular weight is 206 g/mol. The quantitative estimate of drug-likeness (QED) is 0.452. The molecule has 0 heterocycles. The van der Waals surface area contributed by atoms with Crippen molar-refractivity contribution in [1.29, 1.82) is 0 Å². The minimum atomic E-state index is -0.474. The monoisotopic (exact) mass is 206 g/mol. The van der Waals surface area contributed by atoms with Gasteiger partial charge in [-0.3, -0.25) is 14.9 Å². The first kappa shape index (κ1) is 10.9. The third-order valence-electron chi connectivity index (χ3n) is 1.77. The number of ketones is 1. The van der Waals surface area contributed by atoms with Crippen LogP contribution in [0.4, 0.5) is 11.4 Å². The van der Waals surface area contributed by atoms with Gasteiger partial charge in [-0.05, 0) is 18.2 Å². The molecule has 0 fully saturated rings. The molecule has 1 N–H and O–H groups in total. The molecule has 78 valence electrons. The Kier molecular flexibility index (Phi) is 3.56. The summed E-state index contributed by atoms with van der Waals surface area (Å²) in [7, 11) is 0. The van der Waals surface area contributed by atoms with Gasteiger partial charge in [-0.25, -0.2) is 0 Å². The van der Waals surface area contributed by atoms with Crippen LogP contribution < -0.4 is 5.32 Å². The number of nitro benzene ring substituents is 1. The standard InChI is InChI=1S/C10H10N2O3/c1-2-10(13)7-11-8-3-5-9(6-4-8)12(14)15/h2-6,11H,1,7H2. The molecular formula is C10H10N2O3. The van der Waals surface area contributed by atoms with Gasteiger partial charge in [0.05, 0.1) is 11.5 Å². The molecular weight excluding hydrogens is 196 g/mol. The Morgan fingerprint density at radius 3 is 2.53 bits per heavy atom. The summed E-state index contributed by atoms with van der Waals surface area (Å²) in [6, 6.07) is 5.85. The van der Waals surface area contributed by atoms with Crippen LogP contribution >= 0.6 is 0 Å². The summed E-state index contributed by atoms with van der Waals surface area (Å²) in [5.74, 6) is -0.131. The van der Waals surface area contributed by atoms with Gasteiger partial charge in [-0.2, -0.15) is 0 Å². The van der Waals surface area contributed by atoms with E-state index in [0.717, 1.165) is 0 Å². The SMILES string of the molecule is C=CC(=O)CNc1ccc([N+](=O)[O-])cc1. The van der Waals surface area contributed by atoms with Crippen molar-refractivity contribution >= 4 is 17.2 Å². The molecule has 1 aromatic rings. The third-order valence-corrected chi connectivity index (χ3v) is 1.77. The Morgan fingerprint density at radius 2 is 2.07 bits per heavy atom. The van der Waals surface area contributed by atoms with E-state index in [2.05, 4.69) is 11.9 Å². The predicted octanol–water partition coefficient (Wildman–Crippen LogP) is 1.76. The van der Waals surface area contributed by atoms with Gasteiger partial charge in [-0.15, -0.1) is 0 Å². The van der Waals surface area contributed by atoms with E-state index in [9.17, 15) is 14.9 Å². The highest BCUT2D eigenvalue weighted by molar-refractivity contribution is 5.92. The smallest absolute Gasteiger partial charge is 0.269 e. The topological polar surface area (TPSA) is 72.2 Å². The highest BCUT2D eigenvalue weighted by Gasteiger charge is 2.03. The van der Waals surface area contributed by atoms with Crippen LogP contribution in [0, 0.1) is 10.1 Å². The van der Waals surface area contributed by atoms with Crippen molar-refractivity contribution in [2.45, 2.75) is 0 Å². The lowest BCUT2D eigenvalue weighted by molar-refractivity contribution is -0.384. The van der Waals surface area contributed by atoms with Gasteiger partial charge in [0.2, 0.25) is 0 Å². The van der Waals surface area contributed by atoms with Gasteiger partial charge in [0.25, 0.3) is 5.69 Å². The number of nitrogens with one attached hydrogen (secondary N) is 1. The molecule has 5 heteroatoms. The number of carbonyl (C=O) groups is 1. The summed E-state index contributed by atoms with van der Waals surface area (Å²) in [6.45, 7) is 3.47. The van der Waals surface area contributed by atoms with Crippen molar-refractivity contribution in [3.63, 3.8) is 0 Å². The second-order valence-corrected chi connectivity index (χ2v) is 2.83. The van der Waals surface area contributed by atoms with E-state index in [-0.39, 0.29) is 18.0 Å². The molecule has 1 aromatic carbocycles. The van der Waals surface area contributed by atoms with E-state index in [0.29, 0.717) is 5.69 Å². The van der Waals surface area contributed by atoms with E-state index in [1.807, 2.05) is 0 Å². The zero-order valence-electron chi connectivity index (χ0n) is 7.97. The van der Waals surface area contributed by atoms with Crippen molar-refractivity contribution in [3.8, 4) is 0 Å². The number of nitro groups is 1. The van der Waals surface area contributed by atoms with Gasteiger partial charge >= 0.3 is 0 Å². The molecule has 0 saturated heterocycles. The van der Waals surface area contributed by atoms with E-state index >= 15 is 0 Å². The van der Waals surface area contributed by atoms with Crippen LogP contribution in [0.25, 0.3) is 0 Å². The molecule has 0 amide bonds. The number of carbonyl (C=O) groups excluding carboxylic acids is 1. The largest absolute Gasteiger partial charge is 0.378 e. The first-order valence-electron chi connectivity index (χ1n) is 4.27. The van der Waals surface area contributed by atoms with Crippen LogP contribution in [0.15, 0.2) is 36.9 Å². The number of hydrogen-bond acceptors (Lipinski definition) is 4. The van der Waals surface area contributed by atoms with E-state index in [1.54, 1.807) is 12.1 Å². The zero-order chi connectivity index (χ0) is 11.3. The molecule has 0 aromatic heterocycles. The van der Waals surface area contributed by atoms with E-state index < -0.39 is 4.92 Å². The summed E-state index contributed by atoms with van der Waals surface area (Å²) in [6.07, 6.45) is 1.22. The number of hydrogen-bond donors (Lipinski definition) is 1. The summed E-state index contributed by atoms with van der Waals surface area (Å²) in [5, 5.41) is 13.2. The second-order valence-electron chi connectivity index (χ2n) is 2.83. The van der Waals surface area contributed by atoms with Crippen LogP contribution in [-0.2, 0) is 4.79 Å². The molecule has 0 saturated carbocycles. The number of benzene rings is 1. The van der Waals surface area contributed by atoms with Gasteiger partial charge in [0.15, 0.2) is 5.78 Å². The summed E-state index contributed by atoms with van der Waals surface area (Å²) in [5.41, 5.74) is 0.686. The average Bonchev–Trinajstić information content (AvgIpc) is 2.26. The molecule has 0 unspecified atom stereocenters. The molecule has 0 bridgehead atoms. The zero-order valence-corrected chi connectivity index (χ0v) is 7.97. The Hall–Kier alpha value is -2.17. The molecule has 15 heavy (non-hydrogen) atoms. The number of rotatable bonds is 5. The molecule has 0 aliphatic heterocycles. The van der Waals surface area contributed by atoms with Crippen LogP contribution in [-0.4, -0.2) is 17.3 Å². The normalized spacial score (nSPS) is 9.33. The molecule has 0 atom stereocenters. The van der Waals surface area contributed by atoms with Gasteiger partial charge < -0.3 is 5.32 Å². The minimum absolute atomic E-state index is 0.0237. The minimum Gasteiger partial charge on any atom is -0.378 e. The predicted molar refractivity (Wildman–Crippen MR) is 56.8 cm³/mol. The third kappa shape index (κ3) is 3.22. The van der Waals surface area contributed by atoms with Crippen LogP contribution in [0.3, 0.4) is 0 Å². The van der Waals surface area contributed by atoms with Gasteiger partial charge in [-0.1, -0.05) is 6.58 Å². The highest BCUT2D eigenvalue weighted by Crippen LogP contribution is 2.14. The molecule has 0 spiro atoms. The molecule has 5 nitrogen and oxygen atoms in total. The lowest BCUT2D eigenvalue weighted by atomic mass is 10.3. The number of nitrogens with zero attached hydrogens (tertiary/aromatic N) is 1. The van der Waals surface area contributed by atoms with Crippen LogP contribution in [0.1, 0.15) is 0 Å². The Bertz CT molecular complexity index is 384. The molecule has 0 radical (unpaired) electrons. The maximum Gasteiger partial charge on any atom is 0.269 e. The maximum absolute atomic E-state index is 10.9. The summed E-state index contributed by atoms with van der Waals surface area (Å²) in [4.78, 5) is 20.7. The fraction of sp³-hybridized carbons (Fsp3) is 0.100. The Morgan fingerprint density at radius 1 is 1.47 bits per heavy atom. The van der Waals surface area contributed by atoms with Crippen molar-refractivity contribution in [1.82, 2.24) is 0 Å². The van der Waals surface area contributed by atoms with E-state index in [1.165, 1.54) is 18.2 Å². The number of non-ortho nitro benzene ring substituents is 1. The van der Waals surface area contributed by atoms with Gasteiger partial charge in [0.1, 0.15) is 0 Å². The fourth-order valence-corrected chi connectivity index (χ4v) is 0.962. The second kappa shape index (κ2) is 4.90.